The molecule has 0 aliphatic carbocycles. The second-order valence-electron chi connectivity index (χ2n) is 3.61. The number of aromatic hydroxyl groups is 1. The van der Waals surface area contributed by atoms with Crippen LogP contribution in [-0.2, 0) is 6.42 Å². The lowest BCUT2D eigenvalue weighted by molar-refractivity contribution is 0.0960. The van der Waals surface area contributed by atoms with Gasteiger partial charge in [-0.05, 0) is 31.0 Å². The molecule has 15 heavy (non-hydrogen) atoms. The minimum atomic E-state index is -0.293. The van der Waals surface area contributed by atoms with Crippen molar-refractivity contribution in [2.75, 3.05) is 7.05 Å². The molecule has 0 radical (unpaired) electrons. The van der Waals surface area contributed by atoms with E-state index >= 15 is 0 Å². The van der Waals surface area contributed by atoms with E-state index in [0.717, 1.165) is 5.56 Å². The van der Waals surface area contributed by atoms with Gasteiger partial charge in [0.25, 0.3) is 5.91 Å². The topological polar surface area (TPSA) is 75.4 Å². The van der Waals surface area contributed by atoms with Crippen LogP contribution in [0.3, 0.4) is 0 Å². The Hall–Kier alpha value is -1.55. The number of phenols is 1. The first-order valence-corrected chi connectivity index (χ1v) is 4.84. The van der Waals surface area contributed by atoms with Crippen molar-refractivity contribution in [1.29, 1.82) is 0 Å². The molecule has 1 aromatic rings. The van der Waals surface area contributed by atoms with Crippen molar-refractivity contribution < 1.29 is 9.90 Å². The predicted octanol–water partition coefficient (Wildman–Crippen LogP) is 0.641. The molecule has 0 heterocycles. The number of nitrogens with two attached hydrogens (primary N) is 1. The van der Waals surface area contributed by atoms with Crippen LogP contribution in [0.5, 0.6) is 5.75 Å². The fourth-order valence-corrected chi connectivity index (χ4v) is 1.40. The lowest BCUT2D eigenvalue weighted by Gasteiger charge is -2.08. The van der Waals surface area contributed by atoms with Crippen LogP contribution in [0.1, 0.15) is 22.8 Å². The van der Waals surface area contributed by atoms with Gasteiger partial charge in [-0.25, -0.2) is 0 Å². The van der Waals surface area contributed by atoms with Crippen LogP contribution >= 0.6 is 0 Å². The molecule has 1 atom stereocenters. The van der Waals surface area contributed by atoms with Gasteiger partial charge in [0.2, 0.25) is 0 Å². The molecule has 0 saturated heterocycles. The molecule has 0 aromatic heterocycles. The van der Waals surface area contributed by atoms with Gasteiger partial charge >= 0.3 is 0 Å². The molecule has 1 rings (SSSR count). The minimum absolute atomic E-state index is 0.0113. The van der Waals surface area contributed by atoms with Crippen molar-refractivity contribution in [2.45, 2.75) is 19.4 Å². The molecule has 0 aliphatic rings. The van der Waals surface area contributed by atoms with Crippen LogP contribution in [0.2, 0.25) is 0 Å². The van der Waals surface area contributed by atoms with Crippen molar-refractivity contribution in [1.82, 2.24) is 5.32 Å². The highest BCUT2D eigenvalue weighted by Gasteiger charge is 2.10. The van der Waals surface area contributed by atoms with Gasteiger partial charge in [-0.2, -0.15) is 0 Å². The van der Waals surface area contributed by atoms with Gasteiger partial charge in [-0.1, -0.05) is 6.07 Å². The predicted molar refractivity (Wildman–Crippen MR) is 58.9 cm³/mol. The Morgan fingerprint density at radius 2 is 2.27 bits per heavy atom. The molecule has 0 spiro atoms. The molecule has 0 fully saturated rings. The summed E-state index contributed by atoms with van der Waals surface area (Å²) in [5.74, 6) is -0.304. The van der Waals surface area contributed by atoms with Crippen LogP contribution in [0.25, 0.3) is 0 Å². The molecule has 4 N–H and O–H groups in total. The number of carbonyl (C=O) groups excluding carboxylic acids is 1. The zero-order valence-corrected chi connectivity index (χ0v) is 8.95. The van der Waals surface area contributed by atoms with Gasteiger partial charge in [-0.15, -0.1) is 0 Å². The van der Waals surface area contributed by atoms with E-state index in [2.05, 4.69) is 5.32 Å². The van der Waals surface area contributed by atoms with Crippen molar-refractivity contribution in [3.8, 4) is 5.75 Å². The lowest BCUT2D eigenvalue weighted by atomic mass is 10.0. The highest BCUT2D eigenvalue weighted by molar-refractivity contribution is 5.96. The lowest BCUT2D eigenvalue weighted by Crippen LogP contribution is -2.20. The number of nitrogens with one attached hydrogen (secondary N) is 1. The number of carbonyl (C=O) groups is 1. The van der Waals surface area contributed by atoms with Gasteiger partial charge in [0.05, 0.1) is 5.56 Å². The Morgan fingerprint density at radius 3 is 2.80 bits per heavy atom. The SMILES string of the molecule is CNC(=O)c1cc(C[C@H](C)N)ccc1O. The first kappa shape index (κ1) is 11.5. The summed E-state index contributed by atoms with van der Waals surface area (Å²) in [6.45, 7) is 1.90. The molecule has 0 unspecified atom stereocenters. The van der Waals surface area contributed by atoms with Crippen molar-refractivity contribution in [3.63, 3.8) is 0 Å². The Kier molecular flexibility index (Phi) is 3.68. The molecular formula is C11H16N2O2. The first-order chi connectivity index (χ1) is 7.04. The van der Waals surface area contributed by atoms with E-state index in [1.165, 1.54) is 13.1 Å². The van der Waals surface area contributed by atoms with E-state index in [9.17, 15) is 9.90 Å². The fraction of sp³-hybridized carbons (Fsp3) is 0.364. The third-order valence-electron chi connectivity index (χ3n) is 2.09. The van der Waals surface area contributed by atoms with Crippen molar-refractivity contribution >= 4 is 5.91 Å². The number of hydrogen-bond donors (Lipinski definition) is 3. The van der Waals surface area contributed by atoms with E-state index in [4.69, 9.17) is 5.73 Å². The van der Waals surface area contributed by atoms with Gasteiger partial charge < -0.3 is 16.2 Å². The molecule has 4 nitrogen and oxygen atoms in total. The third-order valence-corrected chi connectivity index (χ3v) is 2.09. The van der Waals surface area contributed by atoms with Crippen LogP contribution in [0, 0.1) is 0 Å². The summed E-state index contributed by atoms with van der Waals surface area (Å²) >= 11 is 0. The van der Waals surface area contributed by atoms with E-state index in [1.807, 2.05) is 6.92 Å². The highest BCUT2D eigenvalue weighted by Crippen LogP contribution is 2.18. The zero-order chi connectivity index (χ0) is 11.4. The monoisotopic (exact) mass is 208 g/mol. The second kappa shape index (κ2) is 4.79. The molecule has 0 saturated carbocycles. The normalized spacial score (nSPS) is 12.2. The largest absolute Gasteiger partial charge is 0.507 e. The fourth-order valence-electron chi connectivity index (χ4n) is 1.40. The van der Waals surface area contributed by atoms with Crippen LogP contribution < -0.4 is 11.1 Å². The van der Waals surface area contributed by atoms with E-state index in [1.54, 1.807) is 12.1 Å². The quantitative estimate of drug-likeness (QED) is 0.682. The average Bonchev–Trinajstić information content (AvgIpc) is 2.19. The molecule has 82 valence electrons. The summed E-state index contributed by atoms with van der Waals surface area (Å²) in [5, 5.41) is 12.0. The Morgan fingerprint density at radius 1 is 1.60 bits per heavy atom. The van der Waals surface area contributed by atoms with Crippen LogP contribution in [0.15, 0.2) is 18.2 Å². The molecule has 0 bridgehead atoms. The Labute approximate surface area is 89.1 Å². The standard InChI is InChI=1S/C11H16N2O2/c1-7(12)5-8-3-4-10(14)9(6-8)11(15)13-2/h3-4,6-7,14H,5,12H2,1-2H3,(H,13,15)/t7-/m0/s1. The molecular weight excluding hydrogens is 192 g/mol. The third kappa shape index (κ3) is 2.95. The van der Waals surface area contributed by atoms with E-state index < -0.39 is 0 Å². The summed E-state index contributed by atoms with van der Waals surface area (Å²) in [7, 11) is 1.53. The maximum absolute atomic E-state index is 11.4. The van der Waals surface area contributed by atoms with Crippen molar-refractivity contribution in [3.05, 3.63) is 29.3 Å². The van der Waals surface area contributed by atoms with Gasteiger partial charge in [-0.3, -0.25) is 4.79 Å². The summed E-state index contributed by atoms with van der Waals surface area (Å²) in [6, 6.07) is 4.98. The Balaban J connectivity index is 3.00. The summed E-state index contributed by atoms with van der Waals surface area (Å²) in [5.41, 5.74) is 6.89. The number of benzene rings is 1. The minimum Gasteiger partial charge on any atom is -0.507 e. The summed E-state index contributed by atoms with van der Waals surface area (Å²) in [4.78, 5) is 11.4. The average molecular weight is 208 g/mol. The Bertz CT molecular complexity index is 362. The molecule has 1 aromatic carbocycles. The summed E-state index contributed by atoms with van der Waals surface area (Å²) < 4.78 is 0. The van der Waals surface area contributed by atoms with Crippen LogP contribution in [0.4, 0.5) is 0 Å². The van der Waals surface area contributed by atoms with E-state index in [0.29, 0.717) is 6.42 Å². The van der Waals surface area contributed by atoms with Gasteiger partial charge in [0, 0.05) is 13.1 Å². The first-order valence-electron chi connectivity index (χ1n) is 4.84. The number of hydrogen-bond acceptors (Lipinski definition) is 3. The van der Waals surface area contributed by atoms with Crippen LogP contribution in [-0.4, -0.2) is 24.1 Å². The maximum atomic E-state index is 11.4. The highest BCUT2D eigenvalue weighted by atomic mass is 16.3. The van der Waals surface area contributed by atoms with Gasteiger partial charge in [0.15, 0.2) is 0 Å². The number of phenolic OH excluding ortho intramolecular Hbond substituents is 1. The number of rotatable bonds is 3. The number of amides is 1. The van der Waals surface area contributed by atoms with Gasteiger partial charge in [0.1, 0.15) is 5.75 Å². The zero-order valence-electron chi connectivity index (χ0n) is 8.95. The summed E-state index contributed by atoms with van der Waals surface area (Å²) in [6.07, 6.45) is 0.685. The van der Waals surface area contributed by atoms with Crippen molar-refractivity contribution in [2.24, 2.45) is 5.73 Å². The second-order valence-corrected chi connectivity index (χ2v) is 3.61. The molecule has 1 amide bonds. The smallest absolute Gasteiger partial charge is 0.254 e. The molecule has 4 heteroatoms. The molecule has 0 aliphatic heterocycles. The van der Waals surface area contributed by atoms with E-state index in [-0.39, 0.29) is 23.3 Å². The maximum Gasteiger partial charge on any atom is 0.254 e.